The molecular weight excluding hydrogens is 344 g/mol. The van der Waals surface area contributed by atoms with Gasteiger partial charge in [0.1, 0.15) is 5.69 Å². The average molecular weight is 369 g/mol. The summed E-state index contributed by atoms with van der Waals surface area (Å²) in [5.74, 6) is 0.320. The van der Waals surface area contributed by atoms with E-state index in [1.807, 2.05) is 30.5 Å². The van der Waals surface area contributed by atoms with Gasteiger partial charge < -0.3 is 16.0 Å². The third kappa shape index (κ3) is 4.20. The van der Waals surface area contributed by atoms with Gasteiger partial charge in [-0.3, -0.25) is 4.79 Å². The number of nitrogens with zero attached hydrogens (tertiary/aromatic N) is 1. The Kier molecular flexibility index (Phi) is 5.54. The van der Waals surface area contributed by atoms with Gasteiger partial charge in [0.25, 0.3) is 5.91 Å². The van der Waals surface area contributed by atoms with Crippen LogP contribution in [0.25, 0.3) is 11.3 Å². The summed E-state index contributed by atoms with van der Waals surface area (Å²) in [5, 5.41) is 5.88. The SMILES string of the molecule is Cc1nc(-c2c[nH]c(C(=O)NCC(N)c3ccc(C(C)C)cc3)c2)cs1. The van der Waals surface area contributed by atoms with E-state index in [2.05, 4.69) is 41.3 Å². The number of rotatable bonds is 6. The molecule has 3 rings (SSSR count). The summed E-state index contributed by atoms with van der Waals surface area (Å²) >= 11 is 1.59. The van der Waals surface area contributed by atoms with E-state index < -0.39 is 0 Å². The Hall–Kier alpha value is -2.44. The highest BCUT2D eigenvalue weighted by molar-refractivity contribution is 7.09. The first-order valence-electron chi connectivity index (χ1n) is 8.68. The summed E-state index contributed by atoms with van der Waals surface area (Å²) in [6.45, 7) is 6.66. The minimum Gasteiger partial charge on any atom is -0.357 e. The van der Waals surface area contributed by atoms with Crippen LogP contribution in [-0.2, 0) is 0 Å². The van der Waals surface area contributed by atoms with Crippen LogP contribution in [0.2, 0.25) is 0 Å². The molecule has 4 N–H and O–H groups in total. The lowest BCUT2D eigenvalue weighted by molar-refractivity contribution is 0.0947. The molecule has 1 atom stereocenters. The normalized spacial score (nSPS) is 12.3. The van der Waals surface area contributed by atoms with Gasteiger partial charge in [-0.1, -0.05) is 38.1 Å². The molecule has 0 aliphatic heterocycles. The number of aromatic nitrogens is 2. The van der Waals surface area contributed by atoms with E-state index in [0.29, 0.717) is 18.2 Å². The second kappa shape index (κ2) is 7.85. The van der Waals surface area contributed by atoms with Gasteiger partial charge in [0.2, 0.25) is 0 Å². The molecule has 1 amide bonds. The molecule has 5 nitrogen and oxygen atoms in total. The third-order valence-electron chi connectivity index (χ3n) is 4.36. The van der Waals surface area contributed by atoms with Crippen LogP contribution >= 0.6 is 11.3 Å². The summed E-state index contributed by atoms with van der Waals surface area (Å²) in [6.07, 6.45) is 1.80. The minimum atomic E-state index is -0.240. The van der Waals surface area contributed by atoms with Crippen molar-refractivity contribution in [3.8, 4) is 11.3 Å². The summed E-state index contributed by atoms with van der Waals surface area (Å²) in [4.78, 5) is 19.8. The van der Waals surface area contributed by atoms with Crippen molar-refractivity contribution in [3.05, 3.63) is 63.7 Å². The minimum absolute atomic E-state index is 0.169. The van der Waals surface area contributed by atoms with E-state index in [1.165, 1.54) is 5.56 Å². The molecule has 0 radical (unpaired) electrons. The van der Waals surface area contributed by atoms with E-state index in [1.54, 1.807) is 17.5 Å². The van der Waals surface area contributed by atoms with Gasteiger partial charge in [-0.2, -0.15) is 0 Å². The molecule has 0 aliphatic carbocycles. The molecule has 1 unspecified atom stereocenters. The van der Waals surface area contributed by atoms with Crippen molar-refractivity contribution in [2.24, 2.45) is 5.73 Å². The van der Waals surface area contributed by atoms with Crippen molar-refractivity contribution in [2.45, 2.75) is 32.7 Å². The van der Waals surface area contributed by atoms with Gasteiger partial charge in [0.15, 0.2) is 0 Å². The average Bonchev–Trinajstić information content (AvgIpc) is 3.28. The molecule has 2 heterocycles. The van der Waals surface area contributed by atoms with Crippen molar-refractivity contribution in [1.29, 1.82) is 0 Å². The number of carbonyl (C=O) groups is 1. The largest absolute Gasteiger partial charge is 0.357 e. The topological polar surface area (TPSA) is 83.8 Å². The fourth-order valence-electron chi connectivity index (χ4n) is 2.71. The number of benzene rings is 1. The lowest BCUT2D eigenvalue weighted by Gasteiger charge is -2.14. The quantitative estimate of drug-likeness (QED) is 0.615. The zero-order valence-electron chi connectivity index (χ0n) is 15.2. The second-order valence-electron chi connectivity index (χ2n) is 6.69. The van der Waals surface area contributed by atoms with Gasteiger partial charge in [0, 0.05) is 29.7 Å². The number of thiazole rings is 1. The molecule has 0 saturated heterocycles. The first kappa shape index (κ1) is 18.4. The van der Waals surface area contributed by atoms with E-state index in [0.717, 1.165) is 21.8 Å². The van der Waals surface area contributed by atoms with Crippen molar-refractivity contribution < 1.29 is 4.79 Å². The summed E-state index contributed by atoms with van der Waals surface area (Å²) in [5.41, 5.74) is 10.8. The Balaban J connectivity index is 1.59. The first-order chi connectivity index (χ1) is 12.4. The highest BCUT2D eigenvalue weighted by Gasteiger charge is 2.13. The standard InChI is InChI=1S/C20H24N4OS/c1-12(2)14-4-6-15(7-5-14)17(21)10-23-20(25)18-8-16(9-22-18)19-11-26-13(3)24-19/h4-9,11-12,17,22H,10,21H2,1-3H3,(H,23,25). The number of carbonyl (C=O) groups excluding carboxylic acids is 1. The number of aromatic amines is 1. The van der Waals surface area contributed by atoms with Crippen LogP contribution in [0.5, 0.6) is 0 Å². The predicted octanol–water partition coefficient (Wildman–Crippen LogP) is 4.00. The van der Waals surface area contributed by atoms with Crippen LogP contribution in [0.15, 0.2) is 41.9 Å². The number of hydrogen-bond donors (Lipinski definition) is 3. The van der Waals surface area contributed by atoms with Crippen molar-refractivity contribution >= 4 is 17.2 Å². The number of amides is 1. The molecule has 3 aromatic rings. The van der Waals surface area contributed by atoms with Crippen molar-refractivity contribution in [1.82, 2.24) is 15.3 Å². The van der Waals surface area contributed by atoms with E-state index in [4.69, 9.17) is 5.73 Å². The maximum atomic E-state index is 12.4. The first-order valence-corrected chi connectivity index (χ1v) is 9.56. The summed E-state index contributed by atoms with van der Waals surface area (Å²) < 4.78 is 0. The Morgan fingerprint density at radius 3 is 2.58 bits per heavy atom. The van der Waals surface area contributed by atoms with Crippen LogP contribution in [0, 0.1) is 6.92 Å². The van der Waals surface area contributed by atoms with Gasteiger partial charge in [0.05, 0.1) is 10.7 Å². The number of H-pyrrole nitrogens is 1. The number of aryl methyl sites for hydroxylation is 1. The Labute approximate surface area is 157 Å². The Morgan fingerprint density at radius 1 is 1.27 bits per heavy atom. The maximum Gasteiger partial charge on any atom is 0.267 e. The molecule has 1 aromatic carbocycles. The van der Waals surface area contributed by atoms with Crippen LogP contribution in [0.4, 0.5) is 0 Å². The molecule has 136 valence electrons. The predicted molar refractivity (Wildman–Crippen MR) is 106 cm³/mol. The zero-order chi connectivity index (χ0) is 18.7. The van der Waals surface area contributed by atoms with Gasteiger partial charge in [-0.15, -0.1) is 11.3 Å². The monoisotopic (exact) mass is 368 g/mol. The molecule has 0 fully saturated rings. The molecule has 0 bridgehead atoms. The lowest BCUT2D eigenvalue weighted by atomic mass is 9.99. The summed E-state index contributed by atoms with van der Waals surface area (Å²) in [7, 11) is 0. The van der Waals surface area contributed by atoms with Crippen LogP contribution in [0.1, 0.15) is 52.4 Å². The third-order valence-corrected chi connectivity index (χ3v) is 5.13. The molecule has 26 heavy (non-hydrogen) atoms. The molecular formula is C20H24N4OS. The molecule has 0 aliphatic rings. The van der Waals surface area contributed by atoms with E-state index >= 15 is 0 Å². The van der Waals surface area contributed by atoms with Gasteiger partial charge >= 0.3 is 0 Å². The Bertz CT molecular complexity index is 879. The molecule has 0 spiro atoms. The molecule has 0 saturated carbocycles. The van der Waals surface area contributed by atoms with Crippen molar-refractivity contribution in [2.75, 3.05) is 6.54 Å². The van der Waals surface area contributed by atoms with Gasteiger partial charge in [-0.05, 0) is 30.0 Å². The number of nitrogens with two attached hydrogens (primary N) is 1. The maximum absolute atomic E-state index is 12.4. The second-order valence-corrected chi connectivity index (χ2v) is 7.75. The molecule has 2 aromatic heterocycles. The zero-order valence-corrected chi connectivity index (χ0v) is 16.1. The van der Waals surface area contributed by atoms with E-state index in [9.17, 15) is 4.79 Å². The van der Waals surface area contributed by atoms with Gasteiger partial charge in [-0.25, -0.2) is 4.98 Å². The Morgan fingerprint density at radius 2 is 1.96 bits per heavy atom. The number of hydrogen-bond acceptors (Lipinski definition) is 4. The molecule has 6 heteroatoms. The lowest BCUT2D eigenvalue weighted by Crippen LogP contribution is -2.32. The smallest absolute Gasteiger partial charge is 0.267 e. The van der Waals surface area contributed by atoms with Crippen LogP contribution < -0.4 is 11.1 Å². The fourth-order valence-corrected chi connectivity index (χ4v) is 3.34. The van der Waals surface area contributed by atoms with E-state index in [-0.39, 0.29) is 11.9 Å². The highest BCUT2D eigenvalue weighted by atomic mass is 32.1. The fraction of sp³-hybridized carbons (Fsp3) is 0.300. The summed E-state index contributed by atoms with van der Waals surface area (Å²) in [6, 6.07) is 9.82. The van der Waals surface area contributed by atoms with Crippen molar-refractivity contribution in [3.63, 3.8) is 0 Å². The van der Waals surface area contributed by atoms with Crippen LogP contribution in [-0.4, -0.2) is 22.4 Å². The highest BCUT2D eigenvalue weighted by Crippen LogP contribution is 2.22. The van der Waals surface area contributed by atoms with Crippen LogP contribution in [0.3, 0.4) is 0 Å². The number of nitrogens with one attached hydrogen (secondary N) is 2.